The molecule has 0 aromatic heterocycles. The first-order chi connectivity index (χ1) is 24.8. The molecule has 1 aliphatic rings. The molecule has 2 heteroatoms. The maximum atomic E-state index is 7.23. The molecule has 8 aromatic rings. The van der Waals surface area contributed by atoms with Crippen molar-refractivity contribution in [3.8, 4) is 33.8 Å². The van der Waals surface area contributed by atoms with E-state index >= 15 is 0 Å². The third-order valence-electron chi connectivity index (χ3n) is 11.3. The topological polar surface area (TPSA) is 9.23 Å². The molecule has 0 spiro atoms. The fourth-order valence-corrected chi connectivity index (χ4v) is 8.84. The molecule has 0 saturated carbocycles. The molecule has 0 bridgehead atoms. The van der Waals surface area contributed by atoms with Crippen LogP contribution in [0.1, 0.15) is 76.0 Å². The summed E-state index contributed by atoms with van der Waals surface area (Å²) in [6, 6.07) is 49.6. The monoisotopic (exact) mass is 658 g/mol. The fourth-order valence-electron chi connectivity index (χ4n) is 8.84. The second-order valence-corrected chi connectivity index (χ2v) is 15.4. The summed E-state index contributed by atoms with van der Waals surface area (Å²) < 4.78 is 7.23. The van der Waals surface area contributed by atoms with Gasteiger partial charge in [-0.1, -0.05) is 168 Å². The molecule has 0 aliphatic carbocycles. The number of fused-ring (bicyclic) bond motifs is 3. The summed E-state index contributed by atoms with van der Waals surface area (Å²) in [5.41, 5.74) is 13.2. The molecule has 0 amide bonds. The Morgan fingerprint density at radius 2 is 1.08 bits per heavy atom. The Labute approximate surface area is 302 Å². The van der Waals surface area contributed by atoms with E-state index in [1.165, 1.54) is 87.6 Å². The van der Waals surface area contributed by atoms with Gasteiger partial charge in [0, 0.05) is 10.8 Å². The van der Waals surface area contributed by atoms with Crippen molar-refractivity contribution in [2.75, 3.05) is 0 Å². The third kappa shape index (κ3) is 4.91. The lowest BCUT2D eigenvalue weighted by Gasteiger charge is -2.35. The first-order valence-corrected chi connectivity index (χ1v) is 18.6. The molecule has 0 N–H and O–H groups in total. The predicted molar refractivity (Wildman–Crippen MR) is 221 cm³/mol. The van der Waals surface area contributed by atoms with Crippen molar-refractivity contribution in [3.05, 3.63) is 150 Å². The van der Waals surface area contributed by atoms with Crippen LogP contribution in [-0.4, -0.2) is 6.71 Å². The zero-order valence-electron chi connectivity index (χ0n) is 30.4. The van der Waals surface area contributed by atoms with Gasteiger partial charge in [-0.15, -0.1) is 0 Å². The molecule has 51 heavy (non-hydrogen) atoms. The van der Waals surface area contributed by atoms with E-state index in [2.05, 4.69) is 175 Å². The Balaban J connectivity index is 1.48. The Morgan fingerprint density at radius 1 is 0.490 bits per heavy atom. The van der Waals surface area contributed by atoms with E-state index in [9.17, 15) is 0 Å². The van der Waals surface area contributed by atoms with Gasteiger partial charge in [-0.2, -0.15) is 0 Å². The number of hydrogen-bond donors (Lipinski definition) is 0. The van der Waals surface area contributed by atoms with Crippen LogP contribution in [0.5, 0.6) is 11.5 Å². The lowest BCUT2D eigenvalue weighted by atomic mass is 9.33. The summed E-state index contributed by atoms with van der Waals surface area (Å²) in [5, 5.41) is 7.57. The molecule has 0 unspecified atom stereocenters. The van der Waals surface area contributed by atoms with Crippen LogP contribution in [0.3, 0.4) is 0 Å². The molecule has 0 radical (unpaired) electrons. The summed E-state index contributed by atoms with van der Waals surface area (Å²) in [6.45, 7) is 14.1. The van der Waals surface area contributed by atoms with Gasteiger partial charge in [-0.3, -0.25) is 0 Å². The van der Waals surface area contributed by atoms with Crippen LogP contribution in [0.15, 0.2) is 133 Å². The van der Waals surface area contributed by atoms with Crippen molar-refractivity contribution in [1.29, 1.82) is 0 Å². The van der Waals surface area contributed by atoms with Crippen LogP contribution in [0.4, 0.5) is 0 Å². The Kier molecular flexibility index (Phi) is 7.55. The Hall–Kier alpha value is -5.34. The van der Waals surface area contributed by atoms with Crippen LogP contribution < -0.4 is 21.1 Å². The lowest BCUT2D eigenvalue weighted by Crippen LogP contribution is -2.58. The van der Waals surface area contributed by atoms with Crippen LogP contribution in [-0.2, 0) is 0 Å². The highest BCUT2D eigenvalue weighted by Crippen LogP contribution is 2.47. The van der Waals surface area contributed by atoms with Gasteiger partial charge in [0.1, 0.15) is 11.5 Å². The summed E-state index contributed by atoms with van der Waals surface area (Å²) >= 11 is 0. The quantitative estimate of drug-likeness (QED) is 0.128. The molecule has 1 nitrogen and oxygen atoms in total. The molecular formula is C49H43BO. The van der Waals surface area contributed by atoms with E-state index in [1.54, 1.807) is 0 Å². The molecule has 0 fully saturated rings. The zero-order valence-corrected chi connectivity index (χ0v) is 30.4. The minimum Gasteiger partial charge on any atom is -0.458 e. The largest absolute Gasteiger partial charge is 0.458 e. The first kappa shape index (κ1) is 31.6. The van der Waals surface area contributed by atoms with E-state index in [0.717, 1.165) is 11.5 Å². The maximum Gasteiger partial charge on any atom is 0.252 e. The molecule has 1 heterocycles. The SMILES string of the molecule is CC(C)c1cc(C(C)C)c(B2c3ccccc3Oc3c2c(-c2ccccc2)c2ccc4ccc(-c5ccccc5)c5ccc3c2c45)c(C(C)C)c1. The molecular weight excluding hydrogens is 615 g/mol. The maximum absolute atomic E-state index is 7.23. The average Bonchev–Trinajstić information content (AvgIpc) is 3.15. The van der Waals surface area contributed by atoms with Gasteiger partial charge in [-0.05, 0) is 101 Å². The standard InChI is InChI=1S/C49H43BO/c1-29(2)35-27-40(30(3)4)47(41(28-35)31(5)6)50-42-19-13-14-20-43(42)51-49-39-26-25-37-36(32-15-9-7-10-16-32)23-21-34-22-24-38(46(39)44(34)37)45(48(49)50)33-17-11-8-12-18-33/h7-31H,1-6H3. The molecule has 248 valence electrons. The average molecular weight is 659 g/mol. The normalized spacial score (nSPS) is 12.8. The zero-order chi connectivity index (χ0) is 35.0. The summed E-state index contributed by atoms with van der Waals surface area (Å²) in [7, 11) is 0. The van der Waals surface area contributed by atoms with Crippen molar-refractivity contribution in [3.63, 3.8) is 0 Å². The third-order valence-corrected chi connectivity index (χ3v) is 11.3. The van der Waals surface area contributed by atoms with E-state index in [4.69, 9.17) is 4.74 Å². The molecule has 8 aromatic carbocycles. The fraction of sp³-hybridized carbons (Fsp3) is 0.184. The van der Waals surface area contributed by atoms with E-state index < -0.39 is 0 Å². The molecule has 1 aliphatic heterocycles. The highest BCUT2D eigenvalue weighted by molar-refractivity contribution is 6.98. The Morgan fingerprint density at radius 3 is 1.75 bits per heavy atom. The van der Waals surface area contributed by atoms with Crippen molar-refractivity contribution in [2.24, 2.45) is 0 Å². The van der Waals surface area contributed by atoms with E-state index in [0.29, 0.717) is 17.8 Å². The van der Waals surface area contributed by atoms with Crippen LogP contribution in [0.25, 0.3) is 54.6 Å². The number of benzene rings is 8. The molecule has 0 saturated heterocycles. The highest BCUT2D eigenvalue weighted by Gasteiger charge is 2.40. The lowest BCUT2D eigenvalue weighted by molar-refractivity contribution is 0.493. The van der Waals surface area contributed by atoms with Gasteiger partial charge in [0.05, 0.1) is 0 Å². The van der Waals surface area contributed by atoms with Gasteiger partial charge in [0.25, 0.3) is 6.71 Å². The minimum atomic E-state index is -0.00188. The number of hydrogen-bond acceptors (Lipinski definition) is 1. The van der Waals surface area contributed by atoms with Crippen LogP contribution in [0.2, 0.25) is 0 Å². The van der Waals surface area contributed by atoms with Crippen LogP contribution >= 0.6 is 0 Å². The molecule has 0 atom stereocenters. The van der Waals surface area contributed by atoms with Gasteiger partial charge < -0.3 is 4.74 Å². The van der Waals surface area contributed by atoms with Crippen molar-refractivity contribution in [1.82, 2.24) is 0 Å². The van der Waals surface area contributed by atoms with Crippen molar-refractivity contribution >= 4 is 55.4 Å². The number of para-hydroxylation sites is 1. The smallest absolute Gasteiger partial charge is 0.252 e. The molecule has 9 rings (SSSR count). The van der Waals surface area contributed by atoms with Gasteiger partial charge in [0.2, 0.25) is 0 Å². The Bertz CT molecular complexity index is 2550. The second kappa shape index (κ2) is 12.2. The van der Waals surface area contributed by atoms with Crippen LogP contribution in [0, 0.1) is 0 Å². The summed E-state index contributed by atoms with van der Waals surface area (Å²) in [4.78, 5) is 0. The minimum absolute atomic E-state index is 0.00188. The second-order valence-electron chi connectivity index (χ2n) is 15.4. The first-order valence-electron chi connectivity index (χ1n) is 18.6. The van der Waals surface area contributed by atoms with E-state index in [-0.39, 0.29) is 6.71 Å². The summed E-state index contributed by atoms with van der Waals surface area (Å²) in [6.07, 6.45) is 0. The summed E-state index contributed by atoms with van der Waals surface area (Å²) in [5.74, 6) is 3.10. The van der Waals surface area contributed by atoms with Gasteiger partial charge in [-0.25, -0.2) is 0 Å². The van der Waals surface area contributed by atoms with Gasteiger partial charge in [0.15, 0.2) is 0 Å². The number of rotatable bonds is 6. The van der Waals surface area contributed by atoms with E-state index in [1.807, 2.05) is 0 Å². The highest BCUT2D eigenvalue weighted by atomic mass is 16.5. The van der Waals surface area contributed by atoms with Crippen molar-refractivity contribution < 1.29 is 4.74 Å². The number of ether oxygens (including phenoxy) is 1. The predicted octanol–water partition coefficient (Wildman–Crippen LogP) is 11.9. The van der Waals surface area contributed by atoms with Crippen molar-refractivity contribution in [2.45, 2.75) is 59.3 Å². The van der Waals surface area contributed by atoms with Gasteiger partial charge >= 0.3 is 0 Å².